The van der Waals surface area contributed by atoms with Gasteiger partial charge in [-0.05, 0) is 25.8 Å². The fourth-order valence-corrected chi connectivity index (χ4v) is 2.23. The zero-order valence-corrected chi connectivity index (χ0v) is 12.2. The van der Waals surface area contributed by atoms with Crippen LogP contribution in [0.2, 0.25) is 0 Å². The molecular formula is C15H19N2O3-. The maximum absolute atomic E-state index is 12.1. The van der Waals surface area contributed by atoms with Crippen LogP contribution in [0.25, 0.3) is 0 Å². The second-order valence-electron chi connectivity index (χ2n) is 5.84. The minimum absolute atomic E-state index is 0.123. The van der Waals surface area contributed by atoms with Crippen molar-refractivity contribution < 1.29 is 9.90 Å². The normalized spacial score (nSPS) is 22.3. The average Bonchev–Trinajstić information content (AvgIpc) is 2.66. The van der Waals surface area contributed by atoms with Crippen LogP contribution < -0.4 is 0 Å². The largest absolute Gasteiger partial charge is 0.757 e. The maximum Gasteiger partial charge on any atom is 0.336 e. The van der Waals surface area contributed by atoms with Crippen molar-refractivity contribution in [3.8, 4) is 0 Å². The van der Waals surface area contributed by atoms with Crippen molar-refractivity contribution in [2.45, 2.75) is 33.2 Å². The molecule has 1 aliphatic heterocycles. The van der Waals surface area contributed by atoms with Gasteiger partial charge in [-0.3, -0.25) is 4.99 Å². The Kier molecular flexibility index (Phi) is 3.56. The van der Waals surface area contributed by atoms with Crippen molar-refractivity contribution >= 4 is 11.8 Å². The molecule has 0 amide bonds. The molecule has 0 aliphatic carbocycles. The number of carbonyl (C=O) groups is 1. The number of carboxylic acid groups (broad SMARTS) is 1. The number of hydrogen-bond donors (Lipinski definition) is 1. The standard InChI is InChI=1S/C15H19N2O3/c1-9(2)15(4)8-17(20)13(16-15)11-6-5-10(3)7-12(11)14(18)19/h5-7,9H,8H2,1-4H3,(H,18,19)/q-1. The third-order valence-corrected chi connectivity index (χ3v) is 3.95. The van der Waals surface area contributed by atoms with E-state index in [0.717, 1.165) is 10.6 Å². The number of aryl methyl sites for hydroxylation is 1. The van der Waals surface area contributed by atoms with Crippen molar-refractivity contribution in [3.63, 3.8) is 0 Å². The van der Waals surface area contributed by atoms with Crippen molar-refractivity contribution in [3.05, 3.63) is 40.1 Å². The minimum Gasteiger partial charge on any atom is -0.757 e. The van der Waals surface area contributed by atoms with Crippen molar-refractivity contribution in [1.82, 2.24) is 5.06 Å². The lowest BCUT2D eigenvalue weighted by molar-refractivity contribution is 0.0696. The quantitative estimate of drug-likeness (QED) is 0.920. The van der Waals surface area contributed by atoms with Crippen LogP contribution in [0.5, 0.6) is 0 Å². The summed E-state index contributed by atoms with van der Waals surface area (Å²) in [6.07, 6.45) is 0. The number of hydroxylamine groups is 2. The molecule has 1 heterocycles. The lowest BCUT2D eigenvalue weighted by atomic mass is 9.90. The van der Waals surface area contributed by atoms with Gasteiger partial charge in [0.2, 0.25) is 0 Å². The molecule has 1 unspecified atom stereocenters. The summed E-state index contributed by atoms with van der Waals surface area (Å²) in [4.78, 5) is 15.9. The predicted molar refractivity (Wildman–Crippen MR) is 78.0 cm³/mol. The highest BCUT2D eigenvalue weighted by Gasteiger charge is 2.35. The van der Waals surface area contributed by atoms with E-state index in [1.54, 1.807) is 18.2 Å². The van der Waals surface area contributed by atoms with E-state index in [1.807, 2.05) is 27.7 Å². The van der Waals surface area contributed by atoms with E-state index in [1.165, 1.54) is 0 Å². The van der Waals surface area contributed by atoms with Gasteiger partial charge in [0.25, 0.3) is 0 Å². The summed E-state index contributed by atoms with van der Waals surface area (Å²) in [5.41, 5.74) is 0.881. The van der Waals surface area contributed by atoms with Crippen molar-refractivity contribution in [2.24, 2.45) is 10.9 Å². The number of aliphatic imine (C=N–C) groups is 1. The van der Waals surface area contributed by atoms with Crippen LogP contribution in [0.4, 0.5) is 0 Å². The minimum atomic E-state index is -1.04. The number of hydrogen-bond acceptors (Lipinski definition) is 4. The van der Waals surface area contributed by atoms with E-state index in [0.29, 0.717) is 5.56 Å². The summed E-state index contributed by atoms with van der Waals surface area (Å²) in [6, 6.07) is 5.02. The molecule has 0 spiro atoms. The van der Waals surface area contributed by atoms with Gasteiger partial charge in [-0.25, -0.2) is 4.79 Å². The first-order valence-corrected chi connectivity index (χ1v) is 6.63. The summed E-state index contributed by atoms with van der Waals surface area (Å²) >= 11 is 0. The molecule has 1 N–H and O–H groups in total. The van der Waals surface area contributed by atoms with Gasteiger partial charge >= 0.3 is 5.97 Å². The maximum atomic E-state index is 12.1. The highest BCUT2D eigenvalue weighted by molar-refractivity contribution is 6.08. The number of aromatic carboxylic acids is 1. The number of amidine groups is 1. The molecule has 1 aromatic carbocycles. The lowest BCUT2D eigenvalue weighted by Gasteiger charge is -2.31. The van der Waals surface area contributed by atoms with Crippen LogP contribution in [0, 0.1) is 18.0 Å². The molecule has 5 heteroatoms. The van der Waals surface area contributed by atoms with Gasteiger partial charge in [0, 0.05) is 12.1 Å². The van der Waals surface area contributed by atoms with Gasteiger partial charge in [0.05, 0.1) is 11.1 Å². The zero-order valence-electron chi connectivity index (χ0n) is 12.2. The van der Waals surface area contributed by atoms with Crippen molar-refractivity contribution in [1.29, 1.82) is 0 Å². The zero-order chi connectivity index (χ0) is 15.1. The number of nitrogens with zero attached hydrogens (tertiary/aromatic N) is 2. The molecule has 0 aromatic heterocycles. The fourth-order valence-electron chi connectivity index (χ4n) is 2.23. The SMILES string of the molecule is Cc1ccc(C2=NC(C)(C(C)C)CN2[O-])c(C(=O)O)c1. The van der Waals surface area contributed by atoms with E-state index < -0.39 is 11.5 Å². The van der Waals surface area contributed by atoms with Crippen LogP contribution in [0.3, 0.4) is 0 Å². The lowest BCUT2D eigenvalue weighted by Crippen LogP contribution is -2.35. The third kappa shape index (κ3) is 2.41. The first-order chi connectivity index (χ1) is 9.24. The highest BCUT2D eigenvalue weighted by Crippen LogP contribution is 2.31. The molecule has 1 aliphatic rings. The number of benzene rings is 1. The van der Waals surface area contributed by atoms with Gasteiger partial charge in [-0.1, -0.05) is 31.5 Å². The fraction of sp³-hybridized carbons (Fsp3) is 0.467. The predicted octanol–water partition coefficient (Wildman–Crippen LogP) is 2.67. The number of rotatable bonds is 3. The van der Waals surface area contributed by atoms with Gasteiger partial charge in [0.15, 0.2) is 0 Å². The summed E-state index contributed by atoms with van der Waals surface area (Å²) in [5, 5.41) is 22.3. The Morgan fingerprint density at radius 2 is 2.15 bits per heavy atom. The van der Waals surface area contributed by atoms with E-state index in [2.05, 4.69) is 4.99 Å². The van der Waals surface area contributed by atoms with E-state index in [9.17, 15) is 15.1 Å². The van der Waals surface area contributed by atoms with Gasteiger partial charge in [-0.15, -0.1) is 0 Å². The molecule has 108 valence electrons. The van der Waals surface area contributed by atoms with Crippen LogP contribution in [0.15, 0.2) is 23.2 Å². The second kappa shape index (κ2) is 4.90. The molecular weight excluding hydrogens is 256 g/mol. The second-order valence-corrected chi connectivity index (χ2v) is 5.84. The van der Waals surface area contributed by atoms with Crippen LogP contribution in [-0.2, 0) is 0 Å². The first kappa shape index (κ1) is 14.5. The van der Waals surface area contributed by atoms with Gasteiger partial charge in [0.1, 0.15) is 5.84 Å². The Bertz CT molecular complexity index is 580. The van der Waals surface area contributed by atoms with Gasteiger partial charge in [-0.2, -0.15) is 0 Å². The Hall–Kier alpha value is -1.88. The molecule has 1 aromatic rings. The molecule has 1 atom stereocenters. The van der Waals surface area contributed by atoms with Crippen LogP contribution in [-0.4, -0.2) is 34.1 Å². The molecule has 0 bridgehead atoms. The summed E-state index contributed by atoms with van der Waals surface area (Å²) < 4.78 is 0. The molecule has 0 fully saturated rings. The highest BCUT2D eigenvalue weighted by atomic mass is 16.5. The summed E-state index contributed by atoms with van der Waals surface area (Å²) in [7, 11) is 0. The topological polar surface area (TPSA) is 76.0 Å². The molecule has 0 saturated heterocycles. The van der Waals surface area contributed by atoms with E-state index >= 15 is 0 Å². The first-order valence-electron chi connectivity index (χ1n) is 6.63. The van der Waals surface area contributed by atoms with Crippen LogP contribution >= 0.6 is 0 Å². The summed E-state index contributed by atoms with van der Waals surface area (Å²) in [5.74, 6) is -0.619. The monoisotopic (exact) mass is 275 g/mol. The van der Waals surface area contributed by atoms with Crippen molar-refractivity contribution in [2.75, 3.05) is 6.54 Å². The number of carboxylic acids is 1. The molecule has 5 nitrogen and oxygen atoms in total. The molecule has 0 radical (unpaired) electrons. The van der Waals surface area contributed by atoms with Gasteiger partial charge < -0.3 is 15.4 Å². The Balaban J connectivity index is 2.54. The average molecular weight is 275 g/mol. The Labute approximate surface area is 118 Å². The molecule has 20 heavy (non-hydrogen) atoms. The Morgan fingerprint density at radius 1 is 1.50 bits per heavy atom. The van der Waals surface area contributed by atoms with E-state index in [-0.39, 0.29) is 23.9 Å². The smallest absolute Gasteiger partial charge is 0.336 e. The third-order valence-electron chi connectivity index (χ3n) is 3.95. The molecule has 0 saturated carbocycles. The molecule has 2 rings (SSSR count). The summed E-state index contributed by atoms with van der Waals surface area (Å²) in [6.45, 7) is 8.01. The Morgan fingerprint density at radius 3 is 2.65 bits per heavy atom. The van der Waals surface area contributed by atoms with Crippen LogP contribution in [0.1, 0.15) is 42.3 Å². The van der Waals surface area contributed by atoms with E-state index in [4.69, 9.17) is 0 Å².